The highest BCUT2D eigenvalue weighted by Crippen LogP contribution is 2.34. The Morgan fingerprint density at radius 3 is 2.81 bits per heavy atom. The van der Waals surface area contributed by atoms with Crippen molar-refractivity contribution in [2.24, 2.45) is 0 Å². The minimum atomic E-state index is -3.38. The fourth-order valence-electron chi connectivity index (χ4n) is 4.60. The molecule has 2 aromatic carbocycles. The highest BCUT2D eigenvalue weighted by molar-refractivity contribution is 7.92. The first-order valence-corrected chi connectivity index (χ1v) is 12.2. The first kappa shape index (κ1) is 19.7. The molecule has 1 amide bonds. The molecule has 8 heteroatoms. The maximum absolute atomic E-state index is 12.9. The molecule has 0 saturated heterocycles. The molecule has 0 saturated carbocycles. The number of amides is 1. The number of aromatic amines is 1. The first-order chi connectivity index (χ1) is 14.9. The molecular formula is C23H24N4O3S. The van der Waals surface area contributed by atoms with Crippen LogP contribution < -0.4 is 10.0 Å². The topological polar surface area (TPSA) is 96.0 Å². The van der Waals surface area contributed by atoms with Crippen molar-refractivity contribution >= 4 is 43.4 Å². The average molecular weight is 437 g/mol. The molecule has 1 aliphatic rings. The van der Waals surface area contributed by atoms with E-state index in [-0.39, 0.29) is 18.5 Å². The lowest BCUT2D eigenvalue weighted by molar-refractivity contribution is -0.122. The van der Waals surface area contributed by atoms with Gasteiger partial charge in [-0.05, 0) is 49.1 Å². The normalized spacial score (nSPS) is 16.4. The zero-order chi connectivity index (χ0) is 21.6. The summed E-state index contributed by atoms with van der Waals surface area (Å²) in [6, 6.07) is 15.4. The van der Waals surface area contributed by atoms with Crippen LogP contribution >= 0.6 is 0 Å². The zero-order valence-electron chi connectivity index (χ0n) is 17.2. The molecule has 2 aromatic heterocycles. The summed E-state index contributed by atoms with van der Waals surface area (Å²) in [5, 5.41) is 5.18. The number of sulfonamides is 1. The van der Waals surface area contributed by atoms with E-state index in [1.165, 1.54) is 10.9 Å². The third kappa shape index (κ3) is 3.79. The number of fused-ring (bicyclic) bond motifs is 4. The van der Waals surface area contributed by atoms with Gasteiger partial charge in [-0.1, -0.05) is 24.3 Å². The van der Waals surface area contributed by atoms with Gasteiger partial charge in [0, 0.05) is 28.2 Å². The van der Waals surface area contributed by atoms with E-state index in [4.69, 9.17) is 0 Å². The van der Waals surface area contributed by atoms with Crippen molar-refractivity contribution in [1.29, 1.82) is 0 Å². The van der Waals surface area contributed by atoms with E-state index in [1.54, 1.807) is 12.1 Å². The highest BCUT2D eigenvalue weighted by atomic mass is 32.2. The molecule has 0 bridgehead atoms. The van der Waals surface area contributed by atoms with Gasteiger partial charge in [-0.25, -0.2) is 8.42 Å². The van der Waals surface area contributed by atoms with E-state index >= 15 is 0 Å². The van der Waals surface area contributed by atoms with Gasteiger partial charge in [0.15, 0.2) is 0 Å². The number of hydrogen-bond acceptors (Lipinski definition) is 3. The molecule has 5 rings (SSSR count). The molecule has 0 fully saturated rings. The lowest BCUT2D eigenvalue weighted by atomic mass is 9.91. The maximum atomic E-state index is 12.9. The monoisotopic (exact) mass is 436 g/mol. The van der Waals surface area contributed by atoms with Crippen LogP contribution in [0.1, 0.15) is 30.1 Å². The molecular weight excluding hydrogens is 412 g/mol. The van der Waals surface area contributed by atoms with Gasteiger partial charge >= 0.3 is 0 Å². The van der Waals surface area contributed by atoms with Crippen LogP contribution in [0, 0.1) is 0 Å². The largest absolute Gasteiger partial charge is 0.356 e. The Balaban J connectivity index is 1.37. The molecule has 1 atom stereocenters. The number of hydrogen-bond donors (Lipinski definition) is 3. The second kappa shape index (κ2) is 7.46. The number of rotatable bonds is 5. The van der Waals surface area contributed by atoms with Crippen molar-refractivity contribution in [3.05, 3.63) is 66.0 Å². The Bertz CT molecular complexity index is 1400. The van der Waals surface area contributed by atoms with Crippen molar-refractivity contribution in [3.63, 3.8) is 0 Å². The summed E-state index contributed by atoms with van der Waals surface area (Å²) < 4.78 is 27.6. The average Bonchev–Trinajstić information content (AvgIpc) is 3.30. The number of carbonyl (C=O) groups excluding carboxylic acids is 1. The minimum Gasteiger partial charge on any atom is -0.356 e. The number of nitrogens with one attached hydrogen (secondary N) is 3. The van der Waals surface area contributed by atoms with Crippen molar-refractivity contribution in [2.75, 3.05) is 11.0 Å². The van der Waals surface area contributed by atoms with Gasteiger partial charge in [-0.2, -0.15) is 0 Å². The number of benzene rings is 2. The molecule has 160 valence electrons. The van der Waals surface area contributed by atoms with Crippen LogP contribution in [-0.2, 0) is 27.8 Å². The third-order valence-corrected chi connectivity index (χ3v) is 6.46. The van der Waals surface area contributed by atoms with Crippen LogP contribution in [0.25, 0.3) is 21.8 Å². The molecule has 31 heavy (non-hydrogen) atoms. The number of anilines is 1. The lowest BCUT2D eigenvalue weighted by Crippen LogP contribution is -2.33. The van der Waals surface area contributed by atoms with Gasteiger partial charge in [0.2, 0.25) is 15.9 Å². The lowest BCUT2D eigenvalue weighted by Gasteiger charge is -2.24. The summed E-state index contributed by atoms with van der Waals surface area (Å²) in [4.78, 5) is 16.4. The third-order valence-electron chi connectivity index (χ3n) is 5.87. The molecule has 4 aromatic rings. The highest BCUT2D eigenvalue weighted by Gasteiger charge is 2.25. The zero-order valence-corrected chi connectivity index (χ0v) is 18.0. The van der Waals surface area contributed by atoms with Gasteiger partial charge in [0.25, 0.3) is 0 Å². The second-order valence-corrected chi connectivity index (χ2v) is 9.88. The molecule has 0 spiro atoms. The number of carbonyl (C=O) groups is 1. The number of aryl methyl sites for hydroxylation is 1. The summed E-state index contributed by atoms with van der Waals surface area (Å²) in [6.07, 6.45) is 5.89. The molecule has 0 aliphatic heterocycles. The van der Waals surface area contributed by atoms with Gasteiger partial charge < -0.3 is 14.9 Å². The van der Waals surface area contributed by atoms with Crippen molar-refractivity contribution < 1.29 is 13.2 Å². The Labute approximate surface area is 180 Å². The van der Waals surface area contributed by atoms with E-state index in [0.717, 1.165) is 47.6 Å². The molecule has 0 unspecified atom stereocenters. The standard InChI is InChI=1S/C23H24N4O3S/c1-31(29,30)26-19-9-5-11-21-17(19)12-13-27(21)14-22(28)24-20-10-4-7-16-15-6-2-3-8-18(15)25-23(16)20/h2-3,5-6,8-9,11-13,20,25-26H,4,7,10,14H2,1H3,(H,24,28)/t20-/m1/s1. The van der Waals surface area contributed by atoms with Crippen molar-refractivity contribution in [3.8, 4) is 0 Å². The number of aromatic nitrogens is 2. The quantitative estimate of drug-likeness (QED) is 0.445. The molecule has 0 radical (unpaired) electrons. The molecule has 1 aliphatic carbocycles. The van der Waals surface area contributed by atoms with Gasteiger partial charge in [-0.3, -0.25) is 9.52 Å². The van der Waals surface area contributed by atoms with Gasteiger partial charge in [-0.15, -0.1) is 0 Å². The van der Waals surface area contributed by atoms with E-state index in [2.05, 4.69) is 27.2 Å². The van der Waals surface area contributed by atoms with Crippen LogP contribution in [0.2, 0.25) is 0 Å². The predicted molar refractivity (Wildman–Crippen MR) is 123 cm³/mol. The van der Waals surface area contributed by atoms with Crippen molar-refractivity contribution in [2.45, 2.75) is 31.8 Å². The van der Waals surface area contributed by atoms with E-state index in [1.807, 2.05) is 35.0 Å². The Hall–Kier alpha value is -3.26. The van der Waals surface area contributed by atoms with Gasteiger partial charge in [0.05, 0.1) is 23.5 Å². The van der Waals surface area contributed by atoms with Crippen LogP contribution in [0.3, 0.4) is 0 Å². The number of H-pyrrole nitrogens is 1. The Morgan fingerprint density at radius 1 is 1.13 bits per heavy atom. The van der Waals surface area contributed by atoms with Crippen LogP contribution in [0.15, 0.2) is 54.7 Å². The summed E-state index contributed by atoms with van der Waals surface area (Å²) in [5.41, 5.74) is 4.83. The minimum absolute atomic E-state index is 0.0343. The van der Waals surface area contributed by atoms with Crippen molar-refractivity contribution in [1.82, 2.24) is 14.9 Å². The smallest absolute Gasteiger partial charge is 0.240 e. The molecule has 2 heterocycles. The Morgan fingerprint density at radius 2 is 1.97 bits per heavy atom. The first-order valence-electron chi connectivity index (χ1n) is 10.3. The predicted octanol–water partition coefficient (Wildman–Crippen LogP) is 3.69. The molecule has 3 N–H and O–H groups in total. The fourth-order valence-corrected chi connectivity index (χ4v) is 5.18. The van der Waals surface area contributed by atoms with Crippen LogP contribution in [0.5, 0.6) is 0 Å². The van der Waals surface area contributed by atoms with E-state index in [0.29, 0.717) is 5.69 Å². The number of nitrogens with zero attached hydrogens (tertiary/aromatic N) is 1. The summed E-state index contributed by atoms with van der Waals surface area (Å²) >= 11 is 0. The second-order valence-electron chi connectivity index (χ2n) is 8.13. The maximum Gasteiger partial charge on any atom is 0.240 e. The SMILES string of the molecule is CS(=O)(=O)Nc1cccc2c1ccn2CC(=O)N[C@@H]1CCCc2c1[nH]c1ccccc21. The summed E-state index contributed by atoms with van der Waals surface area (Å²) in [6.45, 7) is 0.165. The Kier molecular flexibility index (Phi) is 4.74. The summed E-state index contributed by atoms with van der Waals surface area (Å²) in [5.74, 6) is -0.0736. The fraction of sp³-hybridized carbons (Fsp3) is 0.261. The van der Waals surface area contributed by atoms with Crippen LogP contribution in [0.4, 0.5) is 5.69 Å². The number of para-hydroxylation sites is 1. The molecule has 7 nitrogen and oxygen atoms in total. The summed E-state index contributed by atoms with van der Waals surface area (Å²) in [7, 11) is -3.38. The van der Waals surface area contributed by atoms with Gasteiger partial charge in [0.1, 0.15) is 6.54 Å². The van der Waals surface area contributed by atoms with Crippen LogP contribution in [-0.4, -0.2) is 30.1 Å². The van der Waals surface area contributed by atoms with E-state index < -0.39 is 10.0 Å². The van der Waals surface area contributed by atoms with E-state index in [9.17, 15) is 13.2 Å².